The zero-order chi connectivity index (χ0) is 118. The molecule has 0 heterocycles. The minimum atomic E-state index is -4.32. The van der Waals surface area contributed by atoms with Gasteiger partial charge in [-0.2, -0.15) is 25.3 Å². The van der Waals surface area contributed by atoms with Gasteiger partial charge in [-0.1, -0.05) is 271 Å². The predicted molar refractivity (Wildman–Crippen MR) is 590 cm³/mol. The fraction of sp³-hybridized carbons (Fsp3) is 0.887. The summed E-state index contributed by atoms with van der Waals surface area (Å²) in [5, 5.41) is 10.3. The summed E-state index contributed by atoms with van der Waals surface area (Å²) in [5.41, 5.74) is 15.8. The molecule has 0 radical (unpaired) electrons. The Morgan fingerprint density at radius 1 is 0.304 bits per heavy atom. The van der Waals surface area contributed by atoms with E-state index in [2.05, 4.69) is 49.0 Å². The summed E-state index contributed by atoms with van der Waals surface area (Å²) in [7, 11) is -16.5. The van der Waals surface area contributed by atoms with Crippen LogP contribution in [0.3, 0.4) is 0 Å². The molecule has 0 aromatic rings. The second-order valence-corrected chi connectivity index (χ2v) is 47.0. The van der Waals surface area contributed by atoms with Gasteiger partial charge in [0.05, 0.1) is 93.2 Å². The van der Waals surface area contributed by atoms with Gasteiger partial charge in [-0.15, -0.1) is 0 Å². The predicted octanol–water partition coefficient (Wildman–Crippen LogP) is 15.8. The van der Waals surface area contributed by atoms with Gasteiger partial charge in [-0.25, -0.2) is 8.42 Å². The smallest absolute Gasteiger partial charge is 0.748 e. The van der Waals surface area contributed by atoms with Crippen molar-refractivity contribution in [2.45, 2.75) is 477 Å². The monoisotopic (exact) mass is 2220 g/mol. The van der Waals surface area contributed by atoms with Crippen molar-refractivity contribution in [3.63, 3.8) is 0 Å². The van der Waals surface area contributed by atoms with E-state index in [1.54, 1.807) is 69.2 Å². The standard InChI is InChI=1S/C15H30O3.C13H26O2.C11H20O2.C11H22O2.4C9H19NO4S.4C5H11NO.Na/c1-5-8-9-14(7-3)12-17-10-11-18-15(16)13(4)6-2;1-4-6-7-8-9-10-11-15-13(14)12(3)5-2;1-3-9(2)11(12)13-10-7-5-4-6-8-10;1-4-6-7-8-9-13-11(12)10(3)5-2;4*1-5-7(2)8(11)10-9(3,4)6-15(12,13)14;4*1-3-4(2)5(6)7;/h13-14H,5-12H2,1-4H3;12H,4-11H2,1-3H3;9-10H,3-8H2,1-2H3;10H,4-9H2,1-3H3;4*7H,5-6H2,1-4H3,(H,10,11)(H,12,13,14);4*4H,3H2,1-2H3,(H2,6,7);/q;;;;;;;;;;;;+1/p-1. The summed E-state index contributed by atoms with van der Waals surface area (Å²) < 4.78 is 148. The molecule has 148 heavy (non-hydrogen) atoms. The number of primary amides is 4. The first-order valence-corrected chi connectivity index (χ1v) is 60.3. The third-order valence-electron chi connectivity index (χ3n) is 23.9. The van der Waals surface area contributed by atoms with E-state index in [1.165, 1.54) is 104 Å². The van der Waals surface area contributed by atoms with Crippen LogP contribution >= 0.6 is 0 Å². The van der Waals surface area contributed by atoms with Crippen LogP contribution < -0.4 is 73.8 Å². The Balaban J connectivity index is -0.000000138. The Labute approximate surface area is 921 Å². The molecule has 0 aromatic carbocycles. The molecule has 0 aliphatic heterocycles. The van der Waals surface area contributed by atoms with Crippen LogP contribution in [0.15, 0.2) is 0 Å². The Hall–Kier alpha value is -5.76. The Bertz CT molecular complexity index is 3590. The number of carbonyl (C=O) groups excluding carboxylic acids is 12. The van der Waals surface area contributed by atoms with Crippen LogP contribution in [0.1, 0.15) is 448 Å². The van der Waals surface area contributed by atoms with Gasteiger partial charge in [-0.3, -0.25) is 71.2 Å². The van der Waals surface area contributed by atoms with Gasteiger partial charge in [0, 0.05) is 59.5 Å². The maximum absolute atomic E-state index is 11.5. The number of rotatable bonds is 58. The van der Waals surface area contributed by atoms with E-state index in [0.29, 0.717) is 58.0 Å². The van der Waals surface area contributed by atoms with Gasteiger partial charge >= 0.3 is 53.4 Å². The van der Waals surface area contributed by atoms with E-state index in [9.17, 15) is 95.8 Å². The van der Waals surface area contributed by atoms with Crippen LogP contribution in [0, 0.1) is 76.9 Å². The summed E-state index contributed by atoms with van der Waals surface area (Å²) in [6.07, 6.45) is 32.6. The fourth-order valence-corrected chi connectivity index (χ4v) is 14.9. The number of esters is 4. The molecule has 0 saturated heterocycles. The van der Waals surface area contributed by atoms with E-state index in [0.717, 1.165) is 90.1 Å². The van der Waals surface area contributed by atoms with Crippen molar-refractivity contribution >= 4 is 112 Å². The van der Waals surface area contributed by atoms with Gasteiger partial charge in [0.15, 0.2) is 0 Å². The van der Waals surface area contributed by atoms with Gasteiger partial charge in [-0.05, 0) is 183 Å². The van der Waals surface area contributed by atoms with E-state index < -0.39 is 85.6 Å². The van der Waals surface area contributed by atoms with Crippen molar-refractivity contribution in [1.29, 1.82) is 0 Å². The second-order valence-electron chi connectivity index (χ2n) is 41.2. The van der Waals surface area contributed by atoms with Crippen LogP contribution in [0.4, 0.5) is 0 Å². The Kier molecular flexibility index (Phi) is 110. The molecule has 13 unspecified atom stereocenters. The largest absolute Gasteiger partial charge is 1.00 e. The number of nitrogens with one attached hydrogen (secondary N) is 4. The zero-order valence-corrected chi connectivity index (χ0v) is 105. The molecular weight excluding hydrogens is 2000 g/mol. The third-order valence-corrected chi connectivity index (χ3v) is 28.2. The van der Waals surface area contributed by atoms with E-state index in [-0.39, 0.29) is 178 Å². The number of hydrogen-bond donors (Lipinski definition) is 11. The molecule has 1 saturated carbocycles. The minimum Gasteiger partial charge on any atom is -0.748 e. The van der Waals surface area contributed by atoms with Crippen LogP contribution in [-0.2, 0) is 122 Å². The van der Waals surface area contributed by atoms with Gasteiger partial charge in [0.25, 0.3) is 30.4 Å². The Morgan fingerprint density at radius 3 is 0.743 bits per heavy atom. The van der Waals surface area contributed by atoms with E-state index >= 15 is 0 Å². The van der Waals surface area contributed by atoms with Crippen LogP contribution in [0.2, 0.25) is 0 Å². The zero-order valence-electron chi connectivity index (χ0n) is 99.3. The van der Waals surface area contributed by atoms with Crippen LogP contribution in [0.5, 0.6) is 0 Å². The van der Waals surface area contributed by atoms with Crippen molar-refractivity contribution in [3.05, 3.63) is 0 Å². The summed E-state index contributed by atoms with van der Waals surface area (Å²) >= 11 is 0. The minimum absolute atomic E-state index is 0. The molecule has 880 valence electrons. The number of ether oxygens (including phenoxy) is 5. The first kappa shape index (κ1) is 167. The van der Waals surface area contributed by atoms with Crippen molar-refractivity contribution in [1.82, 2.24) is 21.3 Å². The summed E-state index contributed by atoms with van der Waals surface area (Å²) in [6.45, 7) is 69.3. The average molecular weight is 2220 g/mol. The number of unbranched alkanes of at least 4 members (excludes halogenated alkanes) is 9. The quantitative estimate of drug-likeness (QED) is 0.00885. The summed E-state index contributed by atoms with van der Waals surface area (Å²) in [5.74, 6) is -3.57. The van der Waals surface area contributed by atoms with Crippen molar-refractivity contribution in [2.75, 3.05) is 56.0 Å². The first-order valence-electron chi connectivity index (χ1n) is 53.9. The molecule has 15 N–H and O–H groups in total. The molecule has 8 amide bonds. The molecule has 13 atom stereocenters. The molecule has 0 aromatic heterocycles. The van der Waals surface area contributed by atoms with Gasteiger partial charge < -0.3 is 72.4 Å². The van der Waals surface area contributed by atoms with Crippen molar-refractivity contribution in [3.8, 4) is 0 Å². The molecule has 0 spiro atoms. The number of amides is 8. The van der Waals surface area contributed by atoms with Gasteiger partial charge in [0.2, 0.25) is 47.3 Å². The van der Waals surface area contributed by atoms with E-state index in [4.69, 9.17) is 60.3 Å². The third kappa shape index (κ3) is 117. The van der Waals surface area contributed by atoms with Crippen LogP contribution in [0.25, 0.3) is 0 Å². The maximum atomic E-state index is 11.5. The SMILES string of the molecule is CCC(C)C(=O)NC(C)(C)CS(=O)(=O)O.CCC(C)C(=O)NC(C)(C)CS(=O)(=O)O.CCC(C)C(=O)NC(C)(C)CS(=O)(=O)O.CCC(C)C(=O)NC(C)(C)CS(=O)(=O)[O-].CCC(C)C(=O)OC1CCCCC1.CCC(C)C(N)=O.CCC(C)C(N)=O.CCC(C)C(N)=O.CCC(C)C(N)=O.CCCCC(CC)COCCOC(=O)C(C)CC.CCCCCCCCOC(=O)C(C)CC.CCCCCCOC(=O)C(C)CC.[Na+]. The molecule has 0 bridgehead atoms. The van der Waals surface area contributed by atoms with E-state index in [1.807, 2.05) is 138 Å². The summed E-state index contributed by atoms with van der Waals surface area (Å²) in [6, 6.07) is 0. The Morgan fingerprint density at radius 2 is 0.527 bits per heavy atom. The summed E-state index contributed by atoms with van der Waals surface area (Å²) in [4.78, 5) is 132. The molecule has 1 fully saturated rings. The molecule has 1 aliphatic rings. The second kappa shape index (κ2) is 97.0. The fourth-order valence-electron chi connectivity index (χ4n) is 11.0. The maximum Gasteiger partial charge on any atom is 1.00 e. The van der Waals surface area contributed by atoms with Crippen molar-refractivity contribution in [2.24, 2.45) is 99.9 Å². The number of nitrogens with two attached hydrogens (primary N) is 4. The normalized spacial score (nSPS) is 14.5. The molecule has 1 rings (SSSR count). The number of hydrogen-bond acceptors (Lipinski definition) is 26. The molecular formula is C106H217N8NaO29S4. The topological polar surface area (TPSA) is 624 Å². The van der Waals surface area contributed by atoms with Gasteiger partial charge in [0.1, 0.15) is 12.7 Å². The van der Waals surface area contributed by atoms with Crippen molar-refractivity contribution < 1.29 is 163 Å². The molecule has 37 nitrogen and oxygen atoms in total. The first-order chi connectivity index (χ1) is 67.3. The number of carbonyl (C=O) groups is 12. The molecule has 42 heteroatoms. The van der Waals surface area contributed by atoms with Crippen LogP contribution in [-0.4, -0.2) is 207 Å². The molecule has 1 aliphatic carbocycles. The average Bonchev–Trinajstić information content (AvgIpc) is 0.875.